The Morgan fingerprint density at radius 1 is 1.21 bits per heavy atom. The second-order valence-corrected chi connectivity index (χ2v) is 8.77. The Hall–Kier alpha value is -2.44. The van der Waals surface area contributed by atoms with Gasteiger partial charge in [0.15, 0.2) is 0 Å². The normalized spacial score (nSPS) is 15.6. The van der Waals surface area contributed by atoms with E-state index in [4.69, 9.17) is 0 Å². The average molecular weight is 410 g/mol. The van der Waals surface area contributed by atoms with Gasteiger partial charge in [0.05, 0.1) is 5.56 Å². The molecule has 4 rings (SSSR count). The van der Waals surface area contributed by atoms with Crippen molar-refractivity contribution in [1.82, 2.24) is 15.2 Å². The number of aromatic hydroxyl groups is 1. The smallest absolute Gasteiger partial charge is 0.253 e. The number of phenolic OH excluding ortho intramolecular Hbond substituents is 1. The Morgan fingerprint density at radius 3 is 2.72 bits per heavy atom. The van der Waals surface area contributed by atoms with Crippen molar-refractivity contribution in [3.8, 4) is 5.75 Å². The number of aromatic nitrogens is 1. The number of benzene rings is 2. The Bertz CT molecular complexity index is 978. The second-order valence-electron chi connectivity index (χ2n) is 7.61. The molecule has 3 N–H and O–H groups in total. The number of nitrogens with one attached hydrogen (secondary N) is 2. The Balaban J connectivity index is 1.28. The van der Waals surface area contributed by atoms with Crippen LogP contribution < -0.4 is 5.32 Å². The summed E-state index contributed by atoms with van der Waals surface area (Å²) in [5, 5.41) is 13.8. The first-order chi connectivity index (χ1) is 14.1. The lowest BCUT2D eigenvalue weighted by molar-refractivity contribution is 0.0914. The van der Waals surface area contributed by atoms with Crippen molar-refractivity contribution in [1.29, 1.82) is 0 Å². The highest BCUT2D eigenvalue weighted by molar-refractivity contribution is 7.99. The number of H-pyrrole nitrogens is 1. The molecule has 1 amide bonds. The number of thioether (sulfide) groups is 1. The summed E-state index contributed by atoms with van der Waals surface area (Å²) in [5.74, 6) is 1.20. The summed E-state index contributed by atoms with van der Waals surface area (Å²) in [6.45, 7) is 4.99. The number of fused-ring (bicyclic) bond motifs is 1. The highest BCUT2D eigenvalue weighted by Crippen LogP contribution is 2.26. The summed E-state index contributed by atoms with van der Waals surface area (Å²) in [7, 11) is 0. The van der Waals surface area contributed by atoms with E-state index in [-0.39, 0.29) is 17.7 Å². The summed E-state index contributed by atoms with van der Waals surface area (Å²) < 4.78 is 0. The molecule has 0 atom stereocenters. The molecule has 1 aromatic heterocycles. The van der Waals surface area contributed by atoms with E-state index in [1.807, 2.05) is 24.8 Å². The fraction of sp³-hybridized carbons (Fsp3) is 0.348. The molecule has 0 aliphatic carbocycles. The minimum absolute atomic E-state index is 0.0579. The quantitative estimate of drug-likeness (QED) is 0.535. The van der Waals surface area contributed by atoms with Gasteiger partial charge < -0.3 is 20.3 Å². The standard InChI is InChI=1S/C23H27N3O2S/c1-16-22(20-15-18(27)7-8-21(20)24-16)23(28)25-17-9-11-26(12-10-17)13-14-29-19-5-3-2-4-6-19/h2-8,15,17,24,27H,9-14H2,1H3,(H,25,28). The first-order valence-electron chi connectivity index (χ1n) is 10.1. The Morgan fingerprint density at radius 2 is 1.97 bits per heavy atom. The molecule has 0 spiro atoms. The Kier molecular flexibility index (Phi) is 6.11. The number of rotatable bonds is 6. The molecule has 1 saturated heterocycles. The van der Waals surface area contributed by atoms with Gasteiger partial charge in [-0.1, -0.05) is 18.2 Å². The highest BCUT2D eigenvalue weighted by Gasteiger charge is 2.23. The van der Waals surface area contributed by atoms with Crippen molar-refractivity contribution in [2.24, 2.45) is 0 Å². The van der Waals surface area contributed by atoms with Crippen LogP contribution >= 0.6 is 11.8 Å². The van der Waals surface area contributed by atoms with Crippen LogP contribution in [0.1, 0.15) is 28.9 Å². The van der Waals surface area contributed by atoms with Gasteiger partial charge >= 0.3 is 0 Å². The van der Waals surface area contributed by atoms with Gasteiger partial charge in [-0.3, -0.25) is 4.79 Å². The largest absolute Gasteiger partial charge is 0.508 e. The fourth-order valence-electron chi connectivity index (χ4n) is 3.97. The third-order valence-corrected chi connectivity index (χ3v) is 6.53. The number of hydrogen-bond donors (Lipinski definition) is 3. The highest BCUT2D eigenvalue weighted by atomic mass is 32.2. The van der Waals surface area contributed by atoms with Crippen LogP contribution in [0.2, 0.25) is 0 Å². The number of piperidine rings is 1. The molecule has 29 heavy (non-hydrogen) atoms. The van der Waals surface area contributed by atoms with Crippen LogP contribution in [0.4, 0.5) is 0 Å². The lowest BCUT2D eigenvalue weighted by Gasteiger charge is -2.32. The minimum atomic E-state index is -0.0579. The van der Waals surface area contributed by atoms with Crippen molar-refractivity contribution in [2.75, 3.05) is 25.4 Å². The van der Waals surface area contributed by atoms with E-state index in [9.17, 15) is 9.90 Å². The van der Waals surface area contributed by atoms with Crippen LogP contribution in [0.15, 0.2) is 53.4 Å². The number of phenols is 1. The van der Waals surface area contributed by atoms with Crippen LogP contribution in [-0.2, 0) is 0 Å². The van der Waals surface area contributed by atoms with E-state index in [1.54, 1.807) is 18.2 Å². The molecule has 3 aromatic rings. The van der Waals surface area contributed by atoms with E-state index < -0.39 is 0 Å². The topological polar surface area (TPSA) is 68.4 Å². The predicted octanol–water partition coefficient (Wildman–Crippen LogP) is 4.17. The zero-order valence-corrected chi connectivity index (χ0v) is 17.5. The maximum atomic E-state index is 12.9. The van der Waals surface area contributed by atoms with Crippen molar-refractivity contribution in [3.63, 3.8) is 0 Å². The van der Waals surface area contributed by atoms with E-state index >= 15 is 0 Å². The number of aromatic amines is 1. The molecule has 2 aromatic carbocycles. The molecular formula is C23H27N3O2S. The lowest BCUT2D eigenvalue weighted by atomic mass is 10.0. The van der Waals surface area contributed by atoms with Crippen LogP contribution in [0.3, 0.4) is 0 Å². The first-order valence-corrected chi connectivity index (χ1v) is 11.1. The molecule has 152 valence electrons. The SMILES string of the molecule is Cc1[nH]c2ccc(O)cc2c1C(=O)NC1CCN(CCSc2ccccc2)CC1. The number of carbonyl (C=O) groups excluding carboxylic acids is 1. The summed E-state index contributed by atoms with van der Waals surface area (Å²) in [4.78, 5) is 19.9. The van der Waals surface area contributed by atoms with Gasteiger partial charge in [-0.05, 0) is 50.1 Å². The zero-order chi connectivity index (χ0) is 20.2. The zero-order valence-electron chi connectivity index (χ0n) is 16.6. The van der Waals surface area contributed by atoms with Gasteiger partial charge in [-0.2, -0.15) is 0 Å². The van der Waals surface area contributed by atoms with Gasteiger partial charge in [0.2, 0.25) is 0 Å². The van der Waals surface area contributed by atoms with E-state index in [1.165, 1.54) is 4.90 Å². The number of nitrogens with zero attached hydrogens (tertiary/aromatic N) is 1. The molecule has 0 saturated carbocycles. The van der Waals surface area contributed by atoms with Gasteiger partial charge in [-0.25, -0.2) is 0 Å². The minimum Gasteiger partial charge on any atom is -0.508 e. The van der Waals surface area contributed by atoms with Gasteiger partial charge in [-0.15, -0.1) is 11.8 Å². The fourth-order valence-corrected chi connectivity index (χ4v) is 4.91. The maximum absolute atomic E-state index is 12.9. The van der Waals surface area contributed by atoms with Crippen molar-refractivity contribution in [3.05, 3.63) is 59.8 Å². The van der Waals surface area contributed by atoms with Crippen LogP contribution in [0.25, 0.3) is 10.9 Å². The third kappa shape index (κ3) is 4.77. The van der Waals surface area contributed by atoms with Gasteiger partial charge in [0, 0.05) is 52.9 Å². The molecule has 6 heteroatoms. The molecular weight excluding hydrogens is 382 g/mol. The number of carbonyl (C=O) groups is 1. The number of aryl methyl sites for hydroxylation is 1. The maximum Gasteiger partial charge on any atom is 0.253 e. The molecule has 1 aliphatic rings. The second kappa shape index (κ2) is 8.93. The molecule has 2 heterocycles. The number of likely N-dealkylation sites (tertiary alicyclic amines) is 1. The van der Waals surface area contributed by atoms with Crippen LogP contribution in [0, 0.1) is 6.92 Å². The average Bonchev–Trinajstić information content (AvgIpc) is 3.05. The summed E-state index contributed by atoms with van der Waals surface area (Å²) in [6.07, 6.45) is 1.93. The molecule has 5 nitrogen and oxygen atoms in total. The lowest BCUT2D eigenvalue weighted by Crippen LogP contribution is -2.45. The molecule has 1 aliphatic heterocycles. The predicted molar refractivity (Wildman–Crippen MR) is 119 cm³/mol. The van der Waals surface area contributed by atoms with Crippen molar-refractivity contribution >= 4 is 28.6 Å². The van der Waals surface area contributed by atoms with Gasteiger partial charge in [0.25, 0.3) is 5.91 Å². The molecule has 0 radical (unpaired) electrons. The molecule has 0 unspecified atom stereocenters. The summed E-state index contributed by atoms with van der Waals surface area (Å²) in [6, 6.07) is 15.8. The van der Waals surface area contributed by atoms with E-state index in [2.05, 4.69) is 39.5 Å². The number of hydrogen-bond acceptors (Lipinski definition) is 4. The van der Waals surface area contributed by atoms with Crippen molar-refractivity contribution < 1.29 is 9.90 Å². The van der Waals surface area contributed by atoms with Gasteiger partial charge in [0.1, 0.15) is 5.75 Å². The number of amides is 1. The Labute approximate surface area is 175 Å². The first kappa shape index (κ1) is 19.9. The summed E-state index contributed by atoms with van der Waals surface area (Å²) >= 11 is 1.89. The molecule has 1 fully saturated rings. The van der Waals surface area contributed by atoms with E-state index in [0.717, 1.165) is 54.8 Å². The molecule has 0 bridgehead atoms. The monoisotopic (exact) mass is 409 g/mol. The van der Waals surface area contributed by atoms with E-state index in [0.29, 0.717) is 5.56 Å². The van der Waals surface area contributed by atoms with Crippen LogP contribution in [0.5, 0.6) is 5.75 Å². The van der Waals surface area contributed by atoms with Crippen LogP contribution in [-0.4, -0.2) is 52.3 Å². The third-order valence-electron chi connectivity index (χ3n) is 5.54. The van der Waals surface area contributed by atoms with Crippen molar-refractivity contribution in [2.45, 2.75) is 30.7 Å². The summed E-state index contributed by atoms with van der Waals surface area (Å²) in [5.41, 5.74) is 2.34.